The van der Waals surface area contributed by atoms with Gasteiger partial charge in [0.15, 0.2) is 11.5 Å². The number of benzene rings is 2. The number of hydrogen-bond acceptors (Lipinski definition) is 6. The van der Waals surface area contributed by atoms with Crippen LogP contribution in [0.5, 0.6) is 11.5 Å². The quantitative estimate of drug-likeness (QED) is 0.537. The van der Waals surface area contributed by atoms with Gasteiger partial charge in [-0.1, -0.05) is 30.3 Å². The molecule has 1 aliphatic rings. The summed E-state index contributed by atoms with van der Waals surface area (Å²) in [7, 11) is -3.44. The van der Waals surface area contributed by atoms with Crippen LogP contribution in [0.4, 0.5) is 0 Å². The zero-order chi connectivity index (χ0) is 23.7. The standard InChI is InChI=1S/C24H33N3O5S/c1-3-31-22-11-10-21(18-23(22)32-4-2)24(28)25-12-17-33(29,30)27-15-13-26(14-16-27)19-20-8-6-5-7-9-20/h5-11,18H,3-4,12-17,19H2,1-2H3,(H,25,28). The fourth-order valence-corrected chi connectivity index (χ4v) is 5.06. The van der Waals surface area contributed by atoms with Gasteiger partial charge in [-0.2, -0.15) is 4.31 Å². The number of carbonyl (C=O) groups is 1. The number of nitrogens with one attached hydrogen (secondary N) is 1. The summed E-state index contributed by atoms with van der Waals surface area (Å²) in [6.45, 7) is 7.82. The van der Waals surface area contributed by atoms with E-state index in [2.05, 4.69) is 22.3 Å². The van der Waals surface area contributed by atoms with Crippen LogP contribution in [-0.2, 0) is 16.6 Å². The van der Waals surface area contributed by atoms with Crippen molar-refractivity contribution in [2.75, 3.05) is 51.7 Å². The minimum Gasteiger partial charge on any atom is -0.490 e. The molecular weight excluding hydrogens is 442 g/mol. The second-order valence-electron chi connectivity index (χ2n) is 7.76. The molecule has 1 saturated heterocycles. The lowest BCUT2D eigenvalue weighted by Gasteiger charge is -2.34. The topological polar surface area (TPSA) is 88.2 Å². The van der Waals surface area contributed by atoms with E-state index in [1.165, 1.54) is 9.87 Å². The van der Waals surface area contributed by atoms with Gasteiger partial charge in [0.1, 0.15) is 0 Å². The van der Waals surface area contributed by atoms with Gasteiger partial charge in [0.25, 0.3) is 5.91 Å². The molecule has 0 aromatic heterocycles. The van der Waals surface area contributed by atoms with Gasteiger partial charge in [0.05, 0.1) is 19.0 Å². The number of nitrogens with zero attached hydrogens (tertiary/aromatic N) is 2. The van der Waals surface area contributed by atoms with Crippen LogP contribution in [0.15, 0.2) is 48.5 Å². The predicted molar refractivity (Wildman–Crippen MR) is 128 cm³/mol. The Hall–Kier alpha value is -2.62. The van der Waals surface area contributed by atoms with Gasteiger partial charge < -0.3 is 14.8 Å². The van der Waals surface area contributed by atoms with Crippen LogP contribution in [0.2, 0.25) is 0 Å². The molecule has 0 unspecified atom stereocenters. The molecule has 1 N–H and O–H groups in total. The van der Waals surface area contributed by atoms with Gasteiger partial charge in [-0.3, -0.25) is 9.69 Å². The summed E-state index contributed by atoms with van der Waals surface area (Å²) in [6.07, 6.45) is 0. The Morgan fingerprint density at radius 2 is 1.61 bits per heavy atom. The second-order valence-corrected chi connectivity index (χ2v) is 9.85. The Labute approximate surface area is 196 Å². The van der Waals surface area contributed by atoms with Crippen molar-refractivity contribution < 1.29 is 22.7 Å². The van der Waals surface area contributed by atoms with Crippen molar-refractivity contribution in [2.24, 2.45) is 0 Å². The summed E-state index contributed by atoms with van der Waals surface area (Å²) < 4.78 is 38.1. The molecule has 1 amide bonds. The predicted octanol–water partition coefficient (Wildman–Crippen LogP) is 2.36. The van der Waals surface area contributed by atoms with E-state index >= 15 is 0 Å². The molecule has 0 aliphatic carbocycles. The van der Waals surface area contributed by atoms with Gasteiger partial charge in [-0.25, -0.2) is 8.42 Å². The summed E-state index contributed by atoms with van der Waals surface area (Å²) in [4.78, 5) is 14.8. The molecule has 1 heterocycles. The number of carbonyl (C=O) groups excluding carboxylic acids is 1. The molecule has 3 rings (SSSR count). The van der Waals surface area contributed by atoms with Crippen molar-refractivity contribution in [3.8, 4) is 11.5 Å². The first-order chi connectivity index (χ1) is 15.9. The summed E-state index contributed by atoms with van der Waals surface area (Å²) in [5.41, 5.74) is 1.62. The molecule has 2 aromatic carbocycles. The maximum atomic E-state index is 12.7. The fraction of sp³-hybridized carbons (Fsp3) is 0.458. The molecular formula is C24H33N3O5S. The van der Waals surface area contributed by atoms with Crippen molar-refractivity contribution in [1.82, 2.24) is 14.5 Å². The summed E-state index contributed by atoms with van der Waals surface area (Å²) in [5, 5.41) is 2.70. The van der Waals surface area contributed by atoms with E-state index in [1.54, 1.807) is 18.2 Å². The first-order valence-electron chi connectivity index (χ1n) is 11.3. The zero-order valence-electron chi connectivity index (χ0n) is 19.3. The Balaban J connectivity index is 1.47. The maximum Gasteiger partial charge on any atom is 0.251 e. The molecule has 1 fully saturated rings. The third-order valence-corrected chi connectivity index (χ3v) is 7.30. The number of hydrogen-bond donors (Lipinski definition) is 1. The van der Waals surface area contributed by atoms with E-state index in [9.17, 15) is 13.2 Å². The smallest absolute Gasteiger partial charge is 0.251 e. The molecule has 0 atom stereocenters. The van der Waals surface area contributed by atoms with E-state index in [-0.39, 0.29) is 18.2 Å². The Morgan fingerprint density at radius 1 is 0.939 bits per heavy atom. The molecule has 0 spiro atoms. The largest absolute Gasteiger partial charge is 0.490 e. The van der Waals surface area contributed by atoms with E-state index in [1.807, 2.05) is 32.0 Å². The number of amides is 1. The van der Waals surface area contributed by atoms with Gasteiger partial charge in [-0.15, -0.1) is 0 Å². The van der Waals surface area contributed by atoms with Crippen LogP contribution in [0.25, 0.3) is 0 Å². The van der Waals surface area contributed by atoms with Crippen LogP contribution >= 0.6 is 0 Å². The molecule has 0 saturated carbocycles. The molecule has 0 bridgehead atoms. The van der Waals surface area contributed by atoms with Gasteiger partial charge in [-0.05, 0) is 37.6 Å². The van der Waals surface area contributed by atoms with E-state index in [0.717, 1.165) is 6.54 Å². The lowest BCUT2D eigenvalue weighted by Crippen LogP contribution is -2.49. The zero-order valence-corrected chi connectivity index (χ0v) is 20.1. The first-order valence-corrected chi connectivity index (χ1v) is 13.0. The number of ether oxygens (including phenoxy) is 2. The van der Waals surface area contributed by atoms with Crippen LogP contribution < -0.4 is 14.8 Å². The lowest BCUT2D eigenvalue weighted by atomic mass is 10.2. The summed E-state index contributed by atoms with van der Waals surface area (Å²) in [6, 6.07) is 15.1. The van der Waals surface area contributed by atoms with Gasteiger partial charge in [0, 0.05) is 44.8 Å². The van der Waals surface area contributed by atoms with E-state index < -0.39 is 10.0 Å². The first kappa shape index (κ1) is 25.0. The number of rotatable bonds is 11. The van der Waals surface area contributed by atoms with E-state index in [4.69, 9.17) is 9.47 Å². The van der Waals surface area contributed by atoms with Crippen LogP contribution in [0.1, 0.15) is 29.8 Å². The van der Waals surface area contributed by atoms with Crippen molar-refractivity contribution in [1.29, 1.82) is 0 Å². The van der Waals surface area contributed by atoms with Crippen LogP contribution in [0, 0.1) is 0 Å². The summed E-state index contributed by atoms with van der Waals surface area (Å²) >= 11 is 0. The minimum atomic E-state index is -3.44. The minimum absolute atomic E-state index is 0.0442. The van der Waals surface area contributed by atoms with Crippen molar-refractivity contribution in [3.05, 3.63) is 59.7 Å². The SMILES string of the molecule is CCOc1ccc(C(=O)NCCS(=O)(=O)N2CCN(Cc3ccccc3)CC2)cc1OCC. The summed E-state index contributed by atoms with van der Waals surface area (Å²) in [5.74, 6) is 0.590. The van der Waals surface area contributed by atoms with E-state index in [0.29, 0.717) is 56.5 Å². The average Bonchev–Trinajstić information content (AvgIpc) is 2.81. The molecule has 1 aliphatic heterocycles. The molecule has 180 valence electrons. The lowest BCUT2D eigenvalue weighted by molar-refractivity contribution is 0.0955. The average molecular weight is 476 g/mol. The Morgan fingerprint density at radius 3 is 2.27 bits per heavy atom. The van der Waals surface area contributed by atoms with Crippen molar-refractivity contribution >= 4 is 15.9 Å². The molecule has 8 nitrogen and oxygen atoms in total. The third-order valence-electron chi connectivity index (χ3n) is 5.42. The second kappa shape index (κ2) is 12.0. The Kier molecular flexibility index (Phi) is 9.11. The van der Waals surface area contributed by atoms with Crippen molar-refractivity contribution in [2.45, 2.75) is 20.4 Å². The molecule has 9 heteroatoms. The molecule has 0 radical (unpaired) electrons. The third kappa shape index (κ3) is 7.18. The van der Waals surface area contributed by atoms with Crippen LogP contribution in [0.3, 0.4) is 0 Å². The normalized spacial score (nSPS) is 15.2. The van der Waals surface area contributed by atoms with Gasteiger partial charge in [0.2, 0.25) is 10.0 Å². The molecule has 33 heavy (non-hydrogen) atoms. The fourth-order valence-electron chi connectivity index (χ4n) is 3.72. The highest BCUT2D eigenvalue weighted by molar-refractivity contribution is 7.89. The van der Waals surface area contributed by atoms with Crippen molar-refractivity contribution in [3.63, 3.8) is 0 Å². The Bertz CT molecular complexity index is 1010. The molecule has 2 aromatic rings. The van der Waals surface area contributed by atoms with Gasteiger partial charge >= 0.3 is 0 Å². The maximum absolute atomic E-state index is 12.7. The monoisotopic (exact) mass is 475 g/mol. The van der Waals surface area contributed by atoms with Crippen LogP contribution in [-0.4, -0.2) is 75.2 Å². The highest BCUT2D eigenvalue weighted by atomic mass is 32.2. The number of piperazine rings is 1. The highest BCUT2D eigenvalue weighted by Gasteiger charge is 2.26. The number of sulfonamides is 1. The highest BCUT2D eigenvalue weighted by Crippen LogP contribution is 2.28.